The summed E-state index contributed by atoms with van der Waals surface area (Å²) in [6.07, 6.45) is 19.0. The quantitative estimate of drug-likeness (QED) is 0.0515. The fourth-order valence-electron chi connectivity index (χ4n) is 12.0. The molecule has 3 saturated heterocycles. The molecule has 0 unspecified atom stereocenters. The van der Waals surface area contributed by atoms with Crippen LogP contribution in [0.4, 0.5) is 17.5 Å². The lowest BCUT2D eigenvalue weighted by Crippen LogP contribution is -2.41. The number of nitrogens with zero attached hydrogens (tertiary/aromatic N) is 21. The van der Waals surface area contributed by atoms with Gasteiger partial charge in [-0.15, -0.1) is 45.9 Å². The highest BCUT2D eigenvalue weighted by molar-refractivity contribution is 9.10. The molecule has 0 bridgehead atoms. The minimum absolute atomic E-state index is 0.0202. The summed E-state index contributed by atoms with van der Waals surface area (Å²) in [4.78, 5) is 65.0. The van der Waals surface area contributed by atoms with Gasteiger partial charge in [-0.2, -0.15) is 0 Å². The van der Waals surface area contributed by atoms with Crippen molar-refractivity contribution in [1.29, 1.82) is 0 Å². The smallest absolute Gasteiger partial charge is 0.496 e. The van der Waals surface area contributed by atoms with E-state index in [0.717, 1.165) is 9.94 Å². The molecule has 0 aliphatic carbocycles. The maximum atomic E-state index is 13.3. The van der Waals surface area contributed by atoms with Gasteiger partial charge in [0.2, 0.25) is 17.6 Å². The zero-order valence-corrected chi connectivity index (χ0v) is 71.5. The molecule has 3 amide bonds. The van der Waals surface area contributed by atoms with Gasteiger partial charge in [0.1, 0.15) is 76.0 Å². The van der Waals surface area contributed by atoms with Gasteiger partial charge in [0, 0.05) is 65.1 Å². The number of pyridine rings is 6. The fraction of sp³-hybridized carbons (Fsp3) is 0.385. The highest BCUT2D eigenvalue weighted by atomic mass is 79.9. The third-order valence-electron chi connectivity index (χ3n) is 20.6. The summed E-state index contributed by atoms with van der Waals surface area (Å²) in [5.74, 6) is 2.08. The van der Waals surface area contributed by atoms with Crippen LogP contribution in [-0.2, 0) is 27.9 Å². The van der Waals surface area contributed by atoms with E-state index in [1.807, 2.05) is 163 Å². The lowest BCUT2D eigenvalue weighted by molar-refractivity contribution is 0.00578. The molecule has 37 nitrogen and oxygen atoms in total. The van der Waals surface area contributed by atoms with Crippen LogP contribution in [0.2, 0.25) is 0 Å². The summed E-state index contributed by atoms with van der Waals surface area (Å²) in [6.45, 7) is 36.3. The Morgan fingerprint density at radius 3 is 1.06 bits per heavy atom. The van der Waals surface area contributed by atoms with Crippen LogP contribution in [-0.4, -0.2) is 202 Å². The summed E-state index contributed by atoms with van der Waals surface area (Å²) >= 11 is 3.38. The van der Waals surface area contributed by atoms with E-state index < -0.39 is 50.1 Å². The Bertz CT molecular complexity index is 5350. The third-order valence-corrected chi connectivity index (χ3v) is 21.1. The second-order valence-corrected chi connectivity index (χ2v) is 32.5. The van der Waals surface area contributed by atoms with Crippen molar-refractivity contribution in [2.45, 2.75) is 176 Å². The van der Waals surface area contributed by atoms with Crippen molar-refractivity contribution in [3.63, 3.8) is 0 Å². The van der Waals surface area contributed by atoms with Crippen molar-refractivity contribution in [1.82, 2.24) is 104 Å². The van der Waals surface area contributed by atoms with E-state index >= 15 is 0 Å². The summed E-state index contributed by atoms with van der Waals surface area (Å²) < 4.78 is 63.1. The molecule has 0 atom stereocenters. The monoisotopic (exact) mass is 1690 g/mol. The van der Waals surface area contributed by atoms with Crippen LogP contribution < -0.4 is 35.6 Å². The first kappa shape index (κ1) is 86.3. The Morgan fingerprint density at radius 2 is 0.739 bits per heavy atom. The van der Waals surface area contributed by atoms with E-state index in [1.54, 1.807) is 98.6 Å². The standard InChI is InChI=1S/C26H31BN8O4.C20H19BrN8O2.C20H20N8O3.C12H24B2O4/c1-16(2)34-15-29-32-22(34)20-9-8-10-21(30-20)31-23(36)19-14-35(33-24(19)37-7)18-11-17(12-28-13-18)27-38-25(3,4)26(5,6)39-27;1-12(2)28-11-23-26-18(28)16-5-4-6-17(24-16)25-19(30)15-10-29(27-20(15)31-3)14-7-13(21)8-22-9-14;1-12(2)27-11-22-25-18(27)16-5-4-6-17(23-16)24-19(30)15-10-28(26-20(15)31-3)13-7-14(29)9-21-8-13;1-9(2)10(3,4)16-13(15-9)14-17-11(5,6)12(7,8)18-14/h8-16H,1-7H3,(H,30,31,36);4-12H,1-3H3,(H,24,25,30);4-12,29H,1-3H3,(H,23,24,30);1-8H3. The van der Waals surface area contributed by atoms with Crippen LogP contribution in [0.25, 0.3) is 51.6 Å². The maximum absolute atomic E-state index is 13.3. The molecule has 0 radical (unpaired) electrons. The number of carbonyl (C=O) groups is 3. The molecule has 41 heteroatoms. The number of hydrogen-bond acceptors (Lipinski definition) is 28. The Labute approximate surface area is 696 Å². The van der Waals surface area contributed by atoms with Crippen molar-refractivity contribution in [3.05, 3.63) is 169 Å². The second kappa shape index (κ2) is 34.9. The van der Waals surface area contributed by atoms with Crippen LogP contribution in [0.5, 0.6) is 23.4 Å². The molecule has 15 heterocycles. The second-order valence-electron chi connectivity index (χ2n) is 31.6. The molecule has 12 aromatic rings. The zero-order chi connectivity index (χ0) is 85.8. The van der Waals surface area contributed by atoms with E-state index in [4.69, 9.17) is 42.1 Å². The average molecular weight is 1690 g/mol. The van der Waals surface area contributed by atoms with Gasteiger partial charge in [0.15, 0.2) is 17.5 Å². The third kappa shape index (κ3) is 19.1. The van der Waals surface area contributed by atoms with Gasteiger partial charge in [-0.1, -0.05) is 18.2 Å². The van der Waals surface area contributed by atoms with Gasteiger partial charge < -0.3 is 76.9 Å². The summed E-state index contributed by atoms with van der Waals surface area (Å²) in [6, 6.07) is 21.5. The summed E-state index contributed by atoms with van der Waals surface area (Å²) in [7, 11) is 2.80. The van der Waals surface area contributed by atoms with Gasteiger partial charge in [-0.25, -0.2) is 29.0 Å². The normalized spacial score (nSPS) is 15.8. The molecule has 0 spiro atoms. The molecule has 12 aromatic heterocycles. The summed E-state index contributed by atoms with van der Waals surface area (Å²) in [5, 5.41) is 55.4. The number of carbonyl (C=O) groups excluding carboxylic acids is 3. The number of nitrogens with one attached hydrogen (secondary N) is 3. The van der Waals surface area contributed by atoms with Crippen LogP contribution in [0.1, 0.15) is 174 Å². The van der Waals surface area contributed by atoms with E-state index in [0.29, 0.717) is 69.1 Å². The van der Waals surface area contributed by atoms with Crippen LogP contribution >= 0.6 is 15.9 Å². The minimum atomic E-state index is -0.581. The van der Waals surface area contributed by atoms with Crippen molar-refractivity contribution in [3.8, 4) is 75.0 Å². The molecule has 3 aliphatic rings. The molecule has 3 aliphatic heterocycles. The fourth-order valence-corrected chi connectivity index (χ4v) is 12.3. The van der Waals surface area contributed by atoms with E-state index in [2.05, 4.69) is 108 Å². The molecule has 3 fully saturated rings. The van der Waals surface area contributed by atoms with Gasteiger partial charge >= 0.3 is 21.1 Å². The highest BCUT2D eigenvalue weighted by Gasteiger charge is 2.64. The van der Waals surface area contributed by atoms with Crippen molar-refractivity contribution in [2.24, 2.45) is 0 Å². The lowest BCUT2D eigenvalue weighted by Gasteiger charge is -2.32. The number of aromatic hydroxyl groups is 1. The van der Waals surface area contributed by atoms with Crippen molar-refractivity contribution < 1.29 is 61.6 Å². The molecule has 4 N–H and O–H groups in total. The van der Waals surface area contributed by atoms with Crippen LogP contribution in [0, 0.1) is 0 Å². The lowest BCUT2D eigenvalue weighted by atomic mass is 9.49. The number of hydrogen-bond donors (Lipinski definition) is 4. The van der Waals surface area contributed by atoms with Crippen LogP contribution in [0.15, 0.2) is 152 Å². The highest BCUT2D eigenvalue weighted by Crippen LogP contribution is 2.44. The molecule has 0 saturated carbocycles. The van der Waals surface area contributed by atoms with Crippen LogP contribution in [0.3, 0.4) is 0 Å². The first-order valence-electron chi connectivity index (χ1n) is 38.0. The van der Waals surface area contributed by atoms with Gasteiger partial charge in [0.25, 0.3) is 17.7 Å². The van der Waals surface area contributed by atoms with E-state index in [-0.39, 0.29) is 80.6 Å². The number of amides is 3. The first-order valence-corrected chi connectivity index (χ1v) is 38.8. The van der Waals surface area contributed by atoms with Crippen molar-refractivity contribution in [2.75, 3.05) is 37.3 Å². The molecule has 15 rings (SSSR count). The summed E-state index contributed by atoms with van der Waals surface area (Å²) in [5.41, 5.74) is 2.58. The molecular weight excluding hydrogens is 1590 g/mol. The minimum Gasteiger partial charge on any atom is -0.506 e. The number of rotatable bonds is 20. The largest absolute Gasteiger partial charge is 0.506 e. The number of aromatic nitrogens is 21. The Morgan fingerprint density at radius 1 is 0.429 bits per heavy atom. The Hall–Kier alpha value is -12.0. The van der Waals surface area contributed by atoms with Gasteiger partial charge in [-0.05, 0) is 189 Å². The average Bonchev–Trinajstić information content (AvgIpc) is 1.59. The molecular formula is C78H94B3BrN24O13. The molecule has 0 aromatic carbocycles. The zero-order valence-electron chi connectivity index (χ0n) is 69.9. The first-order chi connectivity index (χ1) is 56.3. The van der Waals surface area contributed by atoms with Crippen molar-refractivity contribution >= 4 is 77.7 Å². The maximum Gasteiger partial charge on any atom is 0.496 e. The number of methoxy groups -OCH3 is 3. The molecule has 620 valence electrons. The number of ether oxygens (including phenoxy) is 3. The van der Waals surface area contributed by atoms with E-state index in [1.165, 1.54) is 60.0 Å². The Balaban J connectivity index is 0.000000150. The predicted octanol–water partition coefficient (Wildman–Crippen LogP) is 11.3. The SMILES string of the molecule is CC1(C)OB(B2OC(C)(C)C(C)(C)O2)OC1(C)C.COc1nn(-c2cncc(B3OC(C)(C)C(C)(C)O3)c2)cc1C(=O)Nc1cccc(-c2nncn2C(C)C)n1.COc1nn(-c2cncc(Br)c2)cc1C(=O)Nc1cccc(-c2nncn2C(C)C)n1.COc1nn(-c2cncc(O)c2)cc1C(=O)Nc1cccc(-c2nncn2C(C)C)n1. The van der Waals surface area contributed by atoms with Gasteiger partial charge in [-0.3, -0.25) is 29.3 Å². The predicted molar refractivity (Wildman–Crippen MR) is 446 cm³/mol. The number of halogens is 1. The molecule has 119 heavy (non-hydrogen) atoms. The number of anilines is 3. The topological polar surface area (TPSA) is 414 Å². The van der Waals surface area contributed by atoms with Gasteiger partial charge in [0.05, 0.1) is 96.8 Å². The Kier molecular flexibility index (Phi) is 25.3. The van der Waals surface area contributed by atoms with E-state index in [9.17, 15) is 19.5 Å².